The summed E-state index contributed by atoms with van der Waals surface area (Å²) in [6.07, 6.45) is -4.36. The molecule has 0 spiro atoms. The molecule has 11 heteroatoms. The summed E-state index contributed by atoms with van der Waals surface area (Å²) in [7, 11) is 0. The van der Waals surface area contributed by atoms with Crippen molar-refractivity contribution in [2.75, 3.05) is 42.9 Å². The fourth-order valence-electron chi connectivity index (χ4n) is 4.80. The van der Waals surface area contributed by atoms with Crippen molar-refractivity contribution in [2.24, 2.45) is 0 Å². The average molecular weight is 564 g/mol. The van der Waals surface area contributed by atoms with E-state index >= 15 is 0 Å². The lowest BCUT2D eigenvalue weighted by Crippen LogP contribution is -2.48. The highest BCUT2D eigenvalue weighted by Crippen LogP contribution is 2.34. The molecule has 212 valence electrons. The Kier molecular flexibility index (Phi) is 7.46. The van der Waals surface area contributed by atoms with E-state index in [0.29, 0.717) is 65.5 Å². The van der Waals surface area contributed by atoms with Crippen LogP contribution in [0.4, 0.5) is 24.5 Å². The van der Waals surface area contributed by atoms with Crippen molar-refractivity contribution in [1.82, 2.24) is 9.88 Å². The van der Waals surface area contributed by atoms with Crippen LogP contribution in [0.25, 0.3) is 22.6 Å². The Morgan fingerprint density at radius 1 is 1.05 bits per heavy atom. The van der Waals surface area contributed by atoms with Crippen LogP contribution < -0.4 is 10.2 Å². The molecule has 0 atom stereocenters. The Morgan fingerprint density at radius 2 is 1.71 bits per heavy atom. The Labute approximate surface area is 234 Å². The smallest absolute Gasteiger partial charge is 0.416 e. The second kappa shape index (κ2) is 10.9. The van der Waals surface area contributed by atoms with Gasteiger partial charge in [-0.05, 0) is 74.5 Å². The van der Waals surface area contributed by atoms with Gasteiger partial charge in [0.1, 0.15) is 5.52 Å². The van der Waals surface area contributed by atoms with Crippen LogP contribution in [0, 0.1) is 11.3 Å². The largest absolute Gasteiger partial charge is 0.436 e. The number of carbonyl (C=O) groups excluding carboxylic acids is 1. The number of nitriles is 1. The number of carbonyl (C=O) groups is 1. The van der Waals surface area contributed by atoms with Gasteiger partial charge in [0.05, 0.1) is 29.3 Å². The number of nitrogens with zero attached hydrogens (tertiary/aromatic N) is 4. The molecule has 2 heterocycles. The number of piperazine rings is 1. The number of alkyl halides is 3. The second-order valence-electron chi connectivity index (χ2n) is 10.5. The van der Waals surface area contributed by atoms with E-state index in [1.54, 1.807) is 50.2 Å². The predicted octanol–water partition coefficient (Wildman–Crippen LogP) is 5.37. The number of fused-ring (bicyclic) bond motifs is 1. The van der Waals surface area contributed by atoms with E-state index in [4.69, 9.17) is 4.42 Å². The van der Waals surface area contributed by atoms with Gasteiger partial charge in [-0.3, -0.25) is 9.69 Å². The average Bonchev–Trinajstić information content (AvgIpc) is 3.36. The van der Waals surface area contributed by atoms with Crippen molar-refractivity contribution in [3.05, 3.63) is 77.4 Å². The molecular weight excluding hydrogens is 535 g/mol. The number of anilines is 2. The highest BCUT2D eigenvalue weighted by atomic mass is 19.4. The summed E-state index contributed by atoms with van der Waals surface area (Å²) >= 11 is 0. The van der Waals surface area contributed by atoms with E-state index in [-0.39, 0.29) is 12.5 Å². The maximum Gasteiger partial charge on any atom is 0.416 e. The van der Waals surface area contributed by atoms with E-state index in [2.05, 4.69) is 16.4 Å². The van der Waals surface area contributed by atoms with Crippen molar-refractivity contribution in [1.29, 1.82) is 5.26 Å². The van der Waals surface area contributed by atoms with Crippen molar-refractivity contribution in [3.63, 3.8) is 0 Å². The quantitative estimate of drug-likeness (QED) is 0.325. The normalized spacial score (nSPS) is 14.7. The molecule has 1 saturated heterocycles. The van der Waals surface area contributed by atoms with Gasteiger partial charge < -0.3 is 19.7 Å². The highest BCUT2D eigenvalue weighted by molar-refractivity contribution is 5.92. The molecule has 4 aromatic rings. The molecule has 5 rings (SSSR count). The van der Waals surface area contributed by atoms with Crippen LogP contribution in [0.15, 0.2) is 65.1 Å². The third kappa shape index (κ3) is 6.34. The maximum atomic E-state index is 12.8. The molecule has 0 aliphatic carbocycles. The van der Waals surface area contributed by atoms with Crippen molar-refractivity contribution in [2.45, 2.75) is 25.6 Å². The standard InChI is InChI=1S/C30H28F3N5O3/c1-29(2,40)24-15-19(17-34)16-25-27(24)41-28(36-25)20-3-7-22(8-4-20)35-26(39)18-37-11-13-38(14-12-37)23-9-5-21(6-10-23)30(31,32)33/h3-10,15-16,40H,11-14,18H2,1-2H3,(H,35,39). The Bertz CT molecular complexity index is 1590. The topological polar surface area (TPSA) is 106 Å². The molecule has 0 unspecified atom stereocenters. The molecule has 8 nitrogen and oxygen atoms in total. The van der Waals surface area contributed by atoms with Crippen LogP contribution in [0.1, 0.15) is 30.5 Å². The van der Waals surface area contributed by atoms with Gasteiger partial charge in [0, 0.05) is 48.7 Å². The number of rotatable bonds is 6. The number of nitrogens with one attached hydrogen (secondary N) is 1. The SMILES string of the molecule is CC(C)(O)c1cc(C#N)cc2nc(-c3ccc(NC(=O)CN4CCN(c5ccc(C(F)(F)F)cc5)CC4)cc3)oc12. The number of benzene rings is 3. The molecule has 1 aliphatic heterocycles. The fourth-order valence-corrected chi connectivity index (χ4v) is 4.80. The number of aliphatic hydroxyl groups is 1. The van der Waals surface area contributed by atoms with Gasteiger partial charge in [0.2, 0.25) is 11.8 Å². The molecule has 0 radical (unpaired) electrons. The molecule has 3 aromatic carbocycles. The van der Waals surface area contributed by atoms with Gasteiger partial charge in [-0.2, -0.15) is 18.4 Å². The van der Waals surface area contributed by atoms with E-state index in [0.717, 1.165) is 17.8 Å². The molecule has 41 heavy (non-hydrogen) atoms. The van der Waals surface area contributed by atoms with Crippen LogP contribution in [0.2, 0.25) is 0 Å². The number of amides is 1. The zero-order valence-electron chi connectivity index (χ0n) is 22.5. The summed E-state index contributed by atoms with van der Waals surface area (Å²) in [5.74, 6) is 0.144. The number of hydrogen-bond donors (Lipinski definition) is 2. The Balaban J connectivity index is 1.18. The number of aromatic nitrogens is 1. The monoisotopic (exact) mass is 563 g/mol. The van der Waals surface area contributed by atoms with Crippen LogP contribution in [0.3, 0.4) is 0 Å². The molecule has 1 fully saturated rings. The lowest BCUT2D eigenvalue weighted by molar-refractivity contribution is -0.137. The fraction of sp³-hybridized carbons (Fsp3) is 0.300. The highest BCUT2D eigenvalue weighted by Gasteiger charge is 2.30. The molecular formula is C30H28F3N5O3. The lowest BCUT2D eigenvalue weighted by atomic mass is 9.95. The van der Waals surface area contributed by atoms with Gasteiger partial charge in [0.25, 0.3) is 0 Å². The summed E-state index contributed by atoms with van der Waals surface area (Å²) in [4.78, 5) is 21.2. The number of halogens is 3. The molecule has 1 amide bonds. The first-order valence-corrected chi connectivity index (χ1v) is 13.0. The summed E-state index contributed by atoms with van der Waals surface area (Å²) in [6, 6.07) is 17.4. The molecule has 1 aliphatic rings. The summed E-state index contributed by atoms with van der Waals surface area (Å²) in [5.41, 5.74) is 1.79. The number of oxazole rings is 1. The lowest BCUT2D eigenvalue weighted by Gasteiger charge is -2.35. The van der Waals surface area contributed by atoms with Gasteiger partial charge in [-0.1, -0.05) is 0 Å². The van der Waals surface area contributed by atoms with Crippen LogP contribution >= 0.6 is 0 Å². The third-order valence-corrected chi connectivity index (χ3v) is 6.99. The minimum absolute atomic E-state index is 0.179. The van der Waals surface area contributed by atoms with E-state index < -0.39 is 17.3 Å². The summed E-state index contributed by atoms with van der Waals surface area (Å²) in [5, 5.41) is 22.8. The van der Waals surface area contributed by atoms with E-state index in [1.807, 2.05) is 9.80 Å². The van der Waals surface area contributed by atoms with Gasteiger partial charge in [0.15, 0.2) is 5.58 Å². The Hall–Kier alpha value is -4.40. The van der Waals surface area contributed by atoms with Gasteiger partial charge in [-0.25, -0.2) is 4.98 Å². The van der Waals surface area contributed by atoms with Crippen molar-refractivity contribution >= 4 is 28.4 Å². The van der Waals surface area contributed by atoms with Crippen LogP contribution in [0.5, 0.6) is 0 Å². The zero-order chi connectivity index (χ0) is 29.4. The van der Waals surface area contributed by atoms with E-state index in [9.17, 15) is 28.3 Å². The first kappa shape index (κ1) is 28.1. The summed E-state index contributed by atoms with van der Waals surface area (Å²) in [6.45, 7) is 5.82. The molecule has 0 saturated carbocycles. The minimum atomic E-state index is -4.36. The van der Waals surface area contributed by atoms with Crippen molar-refractivity contribution in [3.8, 4) is 17.5 Å². The van der Waals surface area contributed by atoms with Gasteiger partial charge >= 0.3 is 6.18 Å². The first-order chi connectivity index (χ1) is 19.4. The molecule has 2 N–H and O–H groups in total. The first-order valence-electron chi connectivity index (χ1n) is 13.0. The third-order valence-electron chi connectivity index (χ3n) is 6.99. The Morgan fingerprint density at radius 3 is 2.29 bits per heavy atom. The molecule has 0 bridgehead atoms. The predicted molar refractivity (Wildman–Crippen MR) is 148 cm³/mol. The molecule has 1 aromatic heterocycles. The van der Waals surface area contributed by atoms with Crippen LogP contribution in [-0.4, -0.2) is 53.6 Å². The van der Waals surface area contributed by atoms with Gasteiger partial charge in [-0.15, -0.1) is 0 Å². The second-order valence-corrected chi connectivity index (χ2v) is 10.5. The maximum absolute atomic E-state index is 12.8. The summed E-state index contributed by atoms with van der Waals surface area (Å²) < 4.78 is 44.4. The van der Waals surface area contributed by atoms with E-state index in [1.165, 1.54) is 12.1 Å². The zero-order valence-corrected chi connectivity index (χ0v) is 22.5. The number of hydrogen-bond acceptors (Lipinski definition) is 7. The van der Waals surface area contributed by atoms with Crippen molar-refractivity contribution < 1.29 is 27.5 Å². The van der Waals surface area contributed by atoms with Crippen LogP contribution in [-0.2, 0) is 16.6 Å². The minimum Gasteiger partial charge on any atom is -0.436 e.